The van der Waals surface area contributed by atoms with Gasteiger partial charge in [0.15, 0.2) is 0 Å². The molecular formula is C18H27N3O. The van der Waals surface area contributed by atoms with Crippen molar-refractivity contribution in [1.82, 2.24) is 15.6 Å². The molecule has 2 N–H and O–H groups in total. The zero-order valence-electron chi connectivity index (χ0n) is 13.3. The average molecular weight is 301 g/mol. The van der Waals surface area contributed by atoms with Crippen LogP contribution in [0.1, 0.15) is 37.8 Å². The van der Waals surface area contributed by atoms with Crippen molar-refractivity contribution in [1.29, 1.82) is 0 Å². The molecule has 1 heterocycles. The first-order valence-electron chi connectivity index (χ1n) is 8.31. The number of hydrogen-bond donors (Lipinski definition) is 2. The lowest BCUT2D eigenvalue weighted by molar-refractivity contribution is -0.126. The Bertz CT molecular complexity index is 453. The fourth-order valence-corrected chi connectivity index (χ4v) is 2.95. The lowest BCUT2D eigenvalue weighted by Gasteiger charge is -2.28. The summed E-state index contributed by atoms with van der Waals surface area (Å²) < 4.78 is 0. The molecule has 0 saturated heterocycles. The monoisotopic (exact) mass is 301 g/mol. The molecule has 1 aromatic rings. The van der Waals surface area contributed by atoms with E-state index in [0.29, 0.717) is 12.6 Å². The van der Waals surface area contributed by atoms with Crippen molar-refractivity contribution in [3.05, 3.63) is 42.7 Å². The number of aromatic nitrogens is 1. The van der Waals surface area contributed by atoms with E-state index in [9.17, 15) is 4.79 Å². The van der Waals surface area contributed by atoms with Crippen LogP contribution in [-0.4, -0.2) is 30.0 Å². The van der Waals surface area contributed by atoms with Gasteiger partial charge in [-0.1, -0.05) is 12.1 Å². The van der Waals surface area contributed by atoms with Gasteiger partial charge in [0.05, 0.1) is 0 Å². The van der Waals surface area contributed by atoms with Crippen LogP contribution >= 0.6 is 0 Å². The van der Waals surface area contributed by atoms with Crippen molar-refractivity contribution >= 4 is 5.91 Å². The fraction of sp³-hybridized carbons (Fsp3) is 0.556. The van der Waals surface area contributed by atoms with E-state index in [1.54, 1.807) is 6.20 Å². The molecule has 120 valence electrons. The maximum Gasteiger partial charge on any atom is 0.223 e. The van der Waals surface area contributed by atoms with Crippen molar-refractivity contribution in [3.8, 4) is 0 Å². The van der Waals surface area contributed by atoms with E-state index in [-0.39, 0.29) is 11.8 Å². The van der Waals surface area contributed by atoms with Gasteiger partial charge in [0.25, 0.3) is 0 Å². The number of hydrogen-bond acceptors (Lipinski definition) is 3. The van der Waals surface area contributed by atoms with E-state index in [2.05, 4.69) is 22.2 Å². The predicted molar refractivity (Wildman–Crippen MR) is 89.5 cm³/mol. The zero-order valence-corrected chi connectivity index (χ0v) is 13.3. The largest absolute Gasteiger partial charge is 0.355 e. The molecular weight excluding hydrogens is 274 g/mol. The van der Waals surface area contributed by atoms with Crippen LogP contribution in [0.4, 0.5) is 0 Å². The molecule has 1 aliphatic carbocycles. The second-order valence-electron chi connectivity index (χ2n) is 5.94. The summed E-state index contributed by atoms with van der Waals surface area (Å²) in [7, 11) is 0. The van der Waals surface area contributed by atoms with Crippen molar-refractivity contribution in [2.45, 2.75) is 44.6 Å². The van der Waals surface area contributed by atoms with Crippen LogP contribution in [-0.2, 0) is 11.2 Å². The number of nitrogens with zero attached hydrogens (tertiary/aromatic N) is 1. The standard InChI is InChI=1S/C18H27N3O/c1-2-3-12-19-17-9-7-15(8-10-17)18(22)21-14-11-16-6-4-5-13-20-16/h2,4-6,13,15,17,19H,1,3,7-12,14H2,(H,21,22). The van der Waals surface area contributed by atoms with E-state index in [1.165, 1.54) is 0 Å². The minimum absolute atomic E-state index is 0.182. The molecule has 2 rings (SSSR count). The first-order chi connectivity index (χ1) is 10.8. The van der Waals surface area contributed by atoms with E-state index >= 15 is 0 Å². The highest BCUT2D eigenvalue weighted by molar-refractivity contribution is 5.78. The van der Waals surface area contributed by atoms with Crippen LogP contribution in [0.25, 0.3) is 0 Å². The fourth-order valence-electron chi connectivity index (χ4n) is 2.95. The highest BCUT2D eigenvalue weighted by Gasteiger charge is 2.25. The summed E-state index contributed by atoms with van der Waals surface area (Å²) in [6, 6.07) is 6.44. The van der Waals surface area contributed by atoms with Gasteiger partial charge in [-0.25, -0.2) is 0 Å². The molecule has 1 aromatic heterocycles. The van der Waals surface area contributed by atoms with Gasteiger partial charge in [-0.05, 0) is 50.8 Å². The summed E-state index contributed by atoms with van der Waals surface area (Å²) in [5, 5.41) is 6.59. The maximum atomic E-state index is 12.2. The van der Waals surface area contributed by atoms with E-state index in [4.69, 9.17) is 0 Å². The molecule has 0 bridgehead atoms. The predicted octanol–water partition coefficient (Wildman–Crippen LogP) is 2.46. The molecule has 0 spiro atoms. The van der Waals surface area contributed by atoms with E-state index < -0.39 is 0 Å². The smallest absolute Gasteiger partial charge is 0.223 e. The normalized spacial score (nSPS) is 21.3. The van der Waals surface area contributed by atoms with Crippen LogP contribution in [0.3, 0.4) is 0 Å². The highest BCUT2D eigenvalue weighted by atomic mass is 16.1. The molecule has 1 aliphatic rings. The molecule has 4 heteroatoms. The number of amides is 1. The molecule has 0 unspecified atom stereocenters. The Morgan fingerprint density at radius 2 is 2.09 bits per heavy atom. The second kappa shape index (κ2) is 9.36. The third kappa shape index (κ3) is 5.60. The number of nitrogens with one attached hydrogen (secondary N) is 2. The second-order valence-corrected chi connectivity index (χ2v) is 5.94. The van der Waals surface area contributed by atoms with Crippen LogP contribution in [0.15, 0.2) is 37.1 Å². The van der Waals surface area contributed by atoms with Gasteiger partial charge in [-0.3, -0.25) is 9.78 Å². The Hall–Kier alpha value is -1.68. The van der Waals surface area contributed by atoms with Crippen LogP contribution in [0.5, 0.6) is 0 Å². The Labute approximate surface area is 133 Å². The number of carbonyl (C=O) groups is 1. The summed E-state index contributed by atoms with van der Waals surface area (Å²) in [5.74, 6) is 0.390. The van der Waals surface area contributed by atoms with E-state index in [1.807, 2.05) is 24.3 Å². The molecule has 0 aliphatic heterocycles. The summed E-state index contributed by atoms with van der Waals surface area (Å²) >= 11 is 0. The van der Waals surface area contributed by atoms with Crippen LogP contribution < -0.4 is 10.6 Å². The van der Waals surface area contributed by atoms with Crippen LogP contribution in [0.2, 0.25) is 0 Å². The summed E-state index contributed by atoms with van der Waals surface area (Å²) in [6.07, 6.45) is 9.69. The maximum absolute atomic E-state index is 12.2. The van der Waals surface area contributed by atoms with Crippen molar-refractivity contribution in [3.63, 3.8) is 0 Å². The average Bonchev–Trinajstić information content (AvgIpc) is 2.56. The quantitative estimate of drug-likeness (QED) is 0.573. The topological polar surface area (TPSA) is 54.0 Å². The summed E-state index contributed by atoms with van der Waals surface area (Å²) in [4.78, 5) is 16.5. The summed E-state index contributed by atoms with van der Waals surface area (Å²) in [6.45, 7) is 5.40. The van der Waals surface area contributed by atoms with Gasteiger partial charge >= 0.3 is 0 Å². The number of rotatable bonds is 8. The molecule has 1 amide bonds. The molecule has 0 radical (unpaired) electrons. The van der Waals surface area contributed by atoms with Crippen molar-refractivity contribution < 1.29 is 4.79 Å². The minimum Gasteiger partial charge on any atom is -0.355 e. The zero-order chi connectivity index (χ0) is 15.6. The van der Waals surface area contributed by atoms with Gasteiger partial charge < -0.3 is 10.6 Å². The van der Waals surface area contributed by atoms with Crippen LogP contribution in [0, 0.1) is 5.92 Å². The number of pyridine rings is 1. The molecule has 0 atom stereocenters. The Kier molecular flexibility index (Phi) is 7.10. The van der Waals surface area contributed by atoms with Gasteiger partial charge in [-0.15, -0.1) is 6.58 Å². The molecule has 0 aromatic carbocycles. The van der Waals surface area contributed by atoms with E-state index in [0.717, 1.165) is 50.8 Å². The SMILES string of the molecule is C=CCCNC1CCC(C(=O)NCCc2ccccn2)CC1. The Morgan fingerprint density at radius 3 is 2.77 bits per heavy atom. The molecule has 22 heavy (non-hydrogen) atoms. The van der Waals surface area contributed by atoms with Gasteiger partial charge in [0.2, 0.25) is 5.91 Å². The molecule has 1 saturated carbocycles. The number of carbonyl (C=O) groups excluding carboxylic acids is 1. The van der Waals surface area contributed by atoms with Gasteiger partial charge in [0.1, 0.15) is 0 Å². The van der Waals surface area contributed by atoms with Gasteiger partial charge in [-0.2, -0.15) is 0 Å². The highest BCUT2D eigenvalue weighted by Crippen LogP contribution is 2.24. The Balaban J connectivity index is 1.61. The summed E-state index contributed by atoms with van der Waals surface area (Å²) in [5.41, 5.74) is 1.03. The first-order valence-corrected chi connectivity index (χ1v) is 8.31. The lowest BCUT2D eigenvalue weighted by atomic mass is 9.85. The first kappa shape index (κ1) is 16.7. The lowest BCUT2D eigenvalue weighted by Crippen LogP contribution is -2.39. The van der Waals surface area contributed by atoms with Gasteiger partial charge in [0, 0.05) is 36.8 Å². The Morgan fingerprint density at radius 1 is 1.27 bits per heavy atom. The minimum atomic E-state index is 0.182. The molecule has 4 nitrogen and oxygen atoms in total. The third-order valence-electron chi connectivity index (χ3n) is 4.29. The van der Waals surface area contributed by atoms with Crippen molar-refractivity contribution in [2.75, 3.05) is 13.1 Å². The third-order valence-corrected chi connectivity index (χ3v) is 4.29. The molecule has 1 fully saturated rings. The van der Waals surface area contributed by atoms with Crippen molar-refractivity contribution in [2.24, 2.45) is 5.92 Å².